The first-order chi connectivity index (χ1) is 12.2. The average molecular weight is 334 g/mol. The molecule has 0 N–H and O–H groups in total. The molecule has 6 nitrogen and oxygen atoms in total. The first-order valence-electron chi connectivity index (χ1n) is 8.29. The van der Waals surface area contributed by atoms with Gasteiger partial charge in [0, 0.05) is 25.2 Å². The van der Waals surface area contributed by atoms with Gasteiger partial charge in [-0.1, -0.05) is 18.2 Å². The van der Waals surface area contributed by atoms with E-state index in [0.29, 0.717) is 24.7 Å². The van der Waals surface area contributed by atoms with E-state index < -0.39 is 0 Å². The number of carbonyl (C=O) groups excluding carboxylic acids is 1. The molecule has 126 valence electrons. The monoisotopic (exact) mass is 334 g/mol. The third-order valence-electron chi connectivity index (χ3n) is 4.27. The van der Waals surface area contributed by atoms with Gasteiger partial charge in [0.05, 0.1) is 23.8 Å². The molecule has 1 aliphatic heterocycles. The van der Waals surface area contributed by atoms with Crippen LogP contribution in [-0.4, -0.2) is 45.0 Å². The summed E-state index contributed by atoms with van der Waals surface area (Å²) in [4.78, 5) is 27.5. The van der Waals surface area contributed by atoms with Crippen molar-refractivity contribution < 1.29 is 9.53 Å². The minimum atomic E-state index is -0.110. The van der Waals surface area contributed by atoms with Gasteiger partial charge in [0.25, 0.3) is 5.91 Å². The van der Waals surface area contributed by atoms with Crippen molar-refractivity contribution >= 4 is 16.9 Å². The number of ether oxygens (including phenoxy) is 1. The summed E-state index contributed by atoms with van der Waals surface area (Å²) in [6.07, 6.45) is 4.05. The summed E-state index contributed by atoms with van der Waals surface area (Å²) in [6.45, 7) is 3.16. The Morgan fingerprint density at radius 1 is 1.12 bits per heavy atom. The molecule has 4 rings (SSSR count). The quantitative estimate of drug-likeness (QED) is 0.736. The van der Waals surface area contributed by atoms with E-state index in [1.165, 1.54) is 0 Å². The van der Waals surface area contributed by atoms with Gasteiger partial charge >= 0.3 is 0 Å². The topological polar surface area (TPSA) is 68.2 Å². The SMILES string of the molecule is Cc1ccc(OC2CCN(C(=O)c3cnc4ccccc4n3)C2)nc1. The molecule has 6 heteroatoms. The van der Waals surface area contributed by atoms with Crippen LogP contribution in [0, 0.1) is 6.92 Å². The number of fused-ring (bicyclic) bond motifs is 1. The number of likely N-dealkylation sites (tertiary alicyclic amines) is 1. The highest BCUT2D eigenvalue weighted by atomic mass is 16.5. The molecular weight excluding hydrogens is 316 g/mol. The van der Waals surface area contributed by atoms with Gasteiger partial charge in [0.2, 0.25) is 5.88 Å². The first kappa shape index (κ1) is 15.5. The molecule has 0 spiro atoms. The van der Waals surface area contributed by atoms with E-state index in [1.807, 2.05) is 43.3 Å². The molecule has 1 fully saturated rings. The average Bonchev–Trinajstić information content (AvgIpc) is 3.11. The summed E-state index contributed by atoms with van der Waals surface area (Å²) >= 11 is 0. The molecule has 0 radical (unpaired) electrons. The second kappa shape index (κ2) is 6.47. The maximum Gasteiger partial charge on any atom is 0.274 e. The minimum absolute atomic E-state index is 0.0485. The van der Waals surface area contributed by atoms with Crippen molar-refractivity contribution in [2.75, 3.05) is 13.1 Å². The third kappa shape index (κ3) is 3.28. The Balaban J connectivity index is 1.45. The molecule has 25 heavy (non-hydrogen) atoms. The number of nitrogens with zero attached hydrogens (tertiary/aromatic N) is 4. The van der Waals surface area contributed by atoms with Crippen LogP contribution >= 0.6 is 0 Å². The van der Waals surface area contributed by atoms with E-state index in [0.717, 1.165) is 23.0 Å². The predicted octanol–water partition coefficient (Wildman–Crippen LogP) is 2.63. The van der Waals surface area contributed by atoms with Crippen molar-refractivity contribution in [3.8, 4) is 5.88 Å². The van der Waals surface area contributed by atoms with E-state index in [2.05, 4.69) is 15.0 Å². The van der Waals surface area contributed by atoms with Crippen LogP contribution in [0.3, 0.4) is 0 Å². The van der Waals surface area contributed by atoms with Crippen LogP contribution in [0.2, 0.25) is 0 Å². The normalized spacial score (nSPS) is 17.0. The number of pyridine rings is 1. The fraction of sp³-hybridized carbons (Fsp3) is 0.263. The van der Waals surface area contributed by atoms with E-state index in [-0.39, 0.29) is 12.0 Å². The van der Waals surface area contributed by atoms with Crippen LogP contribution in [0.1, 0.15) is 22.5 Å². The van der Waals surface area contributed by atoms with E-state index >= 15 is 0 Å². The Bertz CT molecular complexity index is 911. The van der Waals surface area contributed by atoms with Gasteiger partial charge < -0.3 is 9.64 Å². The lowest BCUT2D eigenvalue weighted by atomic mass is 10.3. The molecule has 1 atom stereocenters. The maximum absolute atomic E-state index is 12.7. The summed E-state index contributed by atoms with van der Waals surface area (Å²) in [5.74, 6) is 0.483. The molecule has 0 saturated carbocycles. The fourth-order valence-corrected chi connectivity index (χ4v) is 2.93. The lowest BCUT2D eigenvalue weighted by Gasteiger charge is -2.16. The Labute approximate surface area is 145 Å². The van der Waals surface area contributed by atoms with Crippen molar-refractivity contribution in [2.24, 2.45) is 0 Å². The van der Waals surface area contributed by atoms with Gasteiger partial charge in [-0.25, -0.2) is 9.97 Å². The lowest BCUT2D eigenvalue weighted by Crippen LogP contribution is -2.31. The molecule has 3 heterocycles. The number of hydrogen-bond acceptors (Lipinski definition) is 5. The van der Waals surface area contributed by atoms with Crippen LogP contribution < -0.4 is 4.74 Å². The molecule has 1 saturated heterocycles. The highest BCUT2D eigenvalue weighted by Crippen LogP contribution is 2.19. The molecule has 1 amide bonds. The van der Waals surface area contributed by atoms with E-state index in [9.17, 15) is 4.79 Å². The van der Waals surface area contributed by atoms with Gasteiger partial charge in [-0.15, -0.1) is 0 Å². The maximum atomic E-state index is 12.7. The van der Waals surface area contributed by atoms with Crippen LogP contribution in [0.4, 0.5) is 0 Å². The molecule has 3 aromatic rings. The number of para-hydroxylation sites is 2. The first-order valence-corrected chi connectivity index (χ1v) is 8.29. The summed E-state index contributed by atoms with van der Waals surface area (Å²) in [5.41, 5.74) is 2.97. The third-order valence-corrected chi connectivity index (χ3v) is 4.27. The van der Waals surface area contributed by atoms with Crippen LogP contribution in [0.5, 0.6) is 5.88 Å². The van der Waals surface area contributed by atoms with Crippen LogP contribution in [0.15, 0.2) is 48.8 Å². The zero-order valence-electron chi connectivity index (χ0n) is 13.9. The molecule has 1 aromatic carbocycles. The van der Waals surface area contributed by atoms with Crippen molar-refractivity contribution in [3.05, 3.63) is 60.0 Å². The van der Waals surface area contributed by atoms with Gasteiger partial charge in [0.1, 0.15) is 11.8 Å². The second-order valence-corrected chi connectivity index (χ2v) is 6.20. The minimum Gasteiger partial charge on any atom is -0.472 e. The Kier molecular flexibility index (Phi) is 4.01. The van der Waals surface area contributed by atoms with Gasteiger partial charge in [-0.05, 0) is 24.6 Å². The van der Waals surface area contributed by atoms with Crippen molar-refractivity contribution in [3.63, 3.8) is 0 Å². The highest BCUT2D eigenvalue weighted by Gasteiger charge is 2.29. The van der Waals surface area contributed by atoms with Crippen molar-refractivity contribution in [1.82, 2.24) is 19.9 Å². The van der Waals surface area contributed by atoms with Gasteiger partial charge in [-0.2, -0.15) is 0 Å². The largest absolute Gasteiger partial charge is 0.472 e. The number of aryl methyl sites for hydroxylation is 1. The van der Waals surface area contributed by atoms with E-state index in [1.54, 1.807) is 17.3 Å². The molecular formula is C19H18N4O2. The Hall–Kier alpha value is -3.02. The zero-order valence-corrected chi connectivity index (χ0v) is 13.9. The Morgan fingerprint density at radius 3 is 2.76 bits per heavy atom. The zero-order chi connectivity index (χ0) is 17.2. The van der Waals surface area contributed by atoms with Crippen molar-refractivity contribution in [1.29, 1.82) is 0 Å². The number of amides is 1. The summed E-state index contributed by atoms with van der Waals surface area (Å²) in [7, 11) is 0. The summed E-state index contributed by atoms with van der Waals surface area (Å²) in [5, 5.41) is 0. The van der Waals surface area contributed by atoms with Gasteiger partial charge in [-0.3, -0.25) is 9.78 Å². The summed E-state index contributed by atoms with van der Waals surface area (Å²) < 4.78 is 5.88. The summed E-state index contributed by atoms with van der Waals surface area (Å²) in [6, 6.07) is 11.3. The van der Waals surface area contributed by atoms with Crippen LogP contribution in [-0.2, 0) is 0 Å². The molecule has 2 aromatic heterocycles. The molecule has 0 bridgehead atoms. The smallest absolute Gasteiger partial charge is 0.274 e. The van der Waals surface area contributed by atoms with Crippen molar-refractivity contribution in [2.45, 2.75) is 19.4 Å². The second-order valence-electron chi connectivity index (χ2n) is 6.20. The standard InChI is InChI=1S/C19H18N4O2/c1-13-6-7-18(21-10-13)25-14-8-9-23(12-14)19(24)17-11-20-15-4-2-3-5-16(15)22-17/h2-7,10-11,14H,8-9,12H2,1H3. The predicted molar refractivity (Wildman–Crippen MR) is 93.4 cm³/mol. The number of rotatable bonds is 3. The number of carbonyl (C=O) groups is 1. The van der Waals surface area contributed by atoms with E-state index in [4.69, 9.17) is 4.74 Å². The van der Waals surface area contributed by atoms with Gasteiger partial charge in [0.15, 0.2) is 0 Å². The number of benzene rings is 1. The Morgan fingerprint density at radius 2 is 1.96 bits per heavy atom. The highest BCUT2D eigenvalue weighted by molar-refractivity contribution is 5.94. The fourth-order valence-electron chi connectivity index (χ4n) is 2.93. The molecule has 0 aliphatic carbocycles. The molecule has 1 aliphatic rings. The number of hydrogen-bond donors (Lipinski definition) is 0. The number of aromatic nitrogens is 3. The molecule has 1 unspecified atom stereocenters. The lowest BCUT2D eigenvalue weighted by molar-refractivity contribution is 0.0765. The van der Waals surface area contributed by atoms with Crippen LogP contribution in [0.25, 0.3) is 11.0 Å².